The Balaban J connectivity index is 0.000000538. The topological polar surface area (TPSA) is 26.3 Å². The molecule has 0 bridgehead atoms. The minimum atomic E-state index is 0. The van der Waals surface area contributed by atoms with Crippen molar-refractivity contribution in [1.82, 2.24) is 0 Å². The summed E-state index contributed by atoms with van der Waals surface area (Å²) in [6.07, 6.45) is 3.40. The van der Waals surface area contributed by atoms with E-state index in [4.69, 9.17) is 8.83 Å². The minimum Gasteiger partial charge on any atom is -0.499 e. The maximum Gasteiger partial charge on any atom is 0.0796 e. The fourth-order valence-electron chi connectivity index (χ4n) is 3.47. The molecule has 2 aromatic heterocycles. The first-order chi connectivity index (χ1) is 14.9. The summed E-state index contributed by atoms with van der Waals surface area (Å²) in [6, 6.07) is 33.0. The summed E-state index contributed by atoms with van der Waals surface area (Å²) in [4.78, 5) is 0. The van der Waals surface area contributed by atoms with Crippen LogP contribution in [0.4, 0.5) is 0 Å². The zero-order valence-electron chi connectivity index (χ0n) is 19.0. The van der Waals surface area contributed by atoms with E-state index in [0.29, 0.717) is 0 Å². The second kappa shape index (κ2) is 15.7. The Morgan fingerprint density at radius 3 is 1.26 bits per heavy atom. The van der Waals surface area contributed by atoms with Crippen LogP contribution in [-0.4, -0.2) is 6.88 Å². The number of hydrogen-bond donors (Lipinski definition) is 0. The predicted octanol–water partition coefficient (Wildman–Crippen LogP) is 9.00. The first kappa shape index (κ1) is 31.9. The van der Waals surface area contributed by atoms with Crippen molar-refractivity contribution in [3.8, 4) is 22.6 Å². The number of rotatable bonds is 2. The summed E-state index contributed by atoms with van der Waals surface area (Å²) >= 11 is 1.36. The Labute approximate surface area is 231 Å². The molecule has 176 valence electrons. The Bertz CT molecular complexity index is 1170. The van der Waals surface area contributed by atoms with E-state index in [1.807, 2.05) is 48.5 Å². The van der Waals surface area contributed by atoms with Gasteiger partial charge in [0.25, 0.3) is 0 Å². The zero-order chi connectivity index (χ0) is 20.8. The van der Waals surface area contributed by atoms with Gasteiger partial charge in [0.1, 0.15) is 0 Å². The molecule has 0 N–H and O–H groups in total. The number of benzene rings is 2. The van der Waals surface area contributed by atoms with Crippen LogP contribution in [0.1, 0.15) is 0 Å². The van der Waals surface area contributed by atoms with Crippen molar-refractivity contribution in [2.24, 2.45) is 0 Å². The van der Waals surface area contributed by atoms with Crippen molar-refractivity contribution < 1.29 is 32.2 Å². The Morgan fingerprint density at radius 1 is 0.559 bits per heavy atom. The molecule has 0 unspecified atom stereocenters. The fourth-order valence-corrected chi connectivity index (χ4v) is 3.47. The normalized spacial score (nSPS) is 9.03. The van der Waals surface area contributed by atoms with Crippen molar-refractivity contribution >= 4 is 53.2 Å². The van der Waals surface area contributed by atoms with Gasteiger partial charge in [0.2, 0.25) is 0 Å². The predicted molar refractivity (Wildman–Crippen MR) is 148 cm³/mol. The van der Waals surface area contributed by atoms with Gasteiger partial charge < -0.3 is 23.7 Å². The maximum atomic E-state index is 5.35. The molecule has 4 aromatic carbocycles. The molecule has 6 rings (SSSR count). The van der Waals surface area contributed by atoms with Gasteiger partial charge >= 0.3 is 30.2 Å². The summed E-state index contributed by atoms with van der Waals surface area (Å²) in [5.41, 5.74) is 2.30. The average molecular weight is 585 g/mol. The second-order valence-electron chi connectivity index (χ2n) is 6.70. The molecule has 0 saturated heterocycles. The second-order valence-corrected chi connectivity index (χ2v) is 6.70. The number of hydrogen-bond acceptors (Lipinski definition) is 2. The third-order valence-corrected chi connectivity index (χ3v) is 4.85. The minimum absolute atomic E-state index is 0. The quantitative estimate of drug-likeness (QED) is 0.150. The molecular formula is C28H26Cl2O2SiZr-4. The van der Waals surface area contributed by atoms with E-state index in [2.05, 4.69) is 55.4 Å². The van der Waals surface area contributed by atoms with Crippen molar-refractivity contribution in [3.05, 3.63) is 124 Å². The van der Waals surface area contributed by atoms with E-state index in [1.54, 1.807) is 12.5 Å². The van der Waals surface area contributed by atoms with Gasteiger partial charge in [-0.2, -0.15) is 0 Å². The van der Waals surface area contributed by atoms with Gasteiger partial charge in [0, 0.05) is 0 Å². The summed E-state index contributed by atoms with van der Waals surface area (Å²) in [5, 5.41) is 5.05. The molecule has 0 aliphatic rings. The Kier molecular flexibility index (Phi) is 14.8. The molecule has 0 aliphatic carbocycles. The van der Waals surface area contributed by atoms with Gasteiger partial charge in [-0.1, -0.05) is 59.7 Å². The van der Waals surface area contributed by atoms with E-state index in [-0.39, 0.29) is 39.7 Å². The van der Waals surface area contributed by atoms with Crippen molar-refractivity contribution in [2.45, 2.75) is 0 Å². The summed E-state index contributed by atoms with van der Waals surface area (Å²) < 4.78 is 10.7. The zero-order valence-corrected chi connectivity index (χ0v) is 24.1. The standard InChI is InChI=1S/2C13H9O.2CH3.2ClH.Si.Zr/c2*1-2-5-11-9-12(8-10(11)4-1)13-6-3-7-14-13;;;;;;/h2*1-9H;2*1H3;2*1H;;/q4*-1;;;;. The Morgan fingerprint density at radius 2 is 0.941 bits per heavy atom. The molecular weight excluding hydrogens is 559 g/mol. The summed E-state index contributed by atoms with van der Waals surface area (Å²) in [5.74, 6) is 1.86. The fraction of sp³-hybridized carbons (Fsp3) is 0. The van der Waals surface area contributed by atoms with Gasteiger partial charge in [0.05, 0.1) is 24.0 Å². The van der Waals surface area contributed by atoms with Crippen LogP contribution in [0.25, 0.3) is 44.2 Å². The molecule has 0 aliphatic heterocycles. The molecule has 0 spiro atoms. The largest absolute Gasteiger partial charge is 0.499 e. The van der Waals surface area contributed by atoms with Crippen molar-refractivity contribution in [3.63, 3.8) is 0 Å². The van der Waals surface area contributed by atoms with Crippen LogP contribution in [0.5, 0.6) is 0 Å². The van der Waals surface area contributed by atoms with Gasteiger partial charge in [-0.05, 0) is 12.1 Å². The third-order valence-electron chi connectivity index (χ3n) is 4.85. The van der Waals surface area contributed by atoms with Gasteiger partial charge in [-0.25, -0.2) is 0 Å². The van der Waals surface area contributed by atoms with Crippen molar-refractivity contribution in [2.75, 3.05) is 0 Å². The van der Waals surface area contributed by atoms with Crippen LogP contribution in [0, 0.1) is 14.9 Å². The van der Waals surface area contributed by atoms with E-state index >= 15 is 0 Å². The maximum absolute atomic E-state index is 5.35. The monoisotopic (exact) mass is 582 g/mol. The number of fused-ring (bicyclic) bond motifs is 2. The van der Waals surface area contributed by atoms with Crippen LogP contribution >= 0.6 is 24.8 Å². The molecule has 0 fully saturated rings. The molecule has 2 nitrogen and oxygen atoms in total. The first-order valence-electron chi connectivity index (χ1n) is 9.50. The summed E-state index contributed by atoms with van der Waals surface area (Å²) in [7, 11) is 0. The molecule has 34 heavy (non-hydrogen) atoms. The van der Waals surface area contributed by atoms with Crippen LogP contribution in [-0.2, 0) is 23.3 Å². The van der Waals surface area contributed by atoms with E-state index in [0.717, 1.165) is 22.6 Å². The molecule has 0 saturated carbocycles. The van der Waals surface area contributed by atoms with Crippen molar-refractivity contribution in [1.29, 1.82) is 0 Å². The smallest absolute Gasteiger partial charge is 0.0796 e. The van der Waals surface area contributed by atoms with Crippen LogP contribution in [0.15, 0.2) is 118 Å². The van der Waals surface area contributed by atoms with Gasteiger partial charge in [0.15, 0.2) is 0 Å². The third kappa shape index (κ3) is 7.45. The molecule has 2 radical (unpaired) electrons. The molecule has 6 heteroatoms. The SMILES string of the molecule is Cl.Cl.[CH3-].[CH3-].[Si]=[Zr].c1coc(-c2cc3ccccc3[cH-]2)c1.c1coc(-c2cc3ccccc3[cH-]2)c1. The van der Waals surface area contributed by atoms with Crippen LogP contribution in [0.3, 0.4) is 0 Å². The van der Waals surface area contributed by atoms with E-state index < -0.39 is 0 Å². The molecule has 0 atom stereocenters. The number of furan rings is 2. The Hall–Kier alpha value is -2.10. The summed E-state index contributed by atoms with van der Waals surface area (Å²) in [6.45, 7) is 3.06. The van der Waals surface area contributed by atoms with Gasteiger partial charge in [-0.15, -0.1) is 82.8 Å². The molecule has 6 aromatic rings. The first-order valence-corrected chi connectivity index (χ1v) is 13.7. The average Bonchev–Trinajstić information content (AvgIpc) is 3.60. The molecule has 2 heterocycles. The van der Waals surface area contributed by atoms with Crippen LogP contribution < -0.4 is 0 Å². The van der Waals surface area contributed by atoms with E-state index in [1.165, 1.54) is 44.9 Å². The van der Waals surface area contributed by atoms with Gasteiger partial charge in [-0.3, -0.25) is 0 Å². The van der Waals surface area contributed by atoms with Crippen LogP contribution in [0.2, 0.25) is 0 Å². The molecule has 0 amide bonds. The van der Waals surface area contributed by atoms with E-state index in [9.17, 15) is 0 Å². The number of halogens is 2.